The molecule has 11 nitrogen and oxygen atoms in total. The van der Waals surface area contributed by atoms with E-state index in [1.165, 1.54) is 0 Å². The molecule has 12 heteroatoms. The molecule has 0 fully saturated rings. The summed E-state index contributed by atoms with van der Waals surface area (Å²) >= 11 is 0. The van der Waals surface area contributed by atoms with Crippen molar-refractivity contribution in [3.8, 4) is 0 Å². The van der Waals surface area contributed by atoms with E-state index >= 15 is 0 Å². The normalized spacial score (nSPS) is 17.7. The molecule has 0 unspecified atom stereocenters. The lowest BCUT2D eigenvalue weighted by atomic mass is 10.0. The molecular weight excluding hydrogens is 280 g/mol. The fraction of sp³-hybridized carbons (Fsp3) is 0.667. The summed E-state index contributed by atoms with van der Waals surface area (Å²) in [4.78, 5) is 19.8. The van der Waals surface area contributed by atoms with E-state index in [4.69, 9.17) is 37.9 Å². The first-order valence-corrected chi connectivity index (χ1v) is 5.30. The summed E-state index contributed by atoms with van der Waals surface area (Å²) in [7, 11) is -5.17. The second-order valence-corrected chi connectivity index (χ2v) is 3.60. The third-order valence-electron chi connectivity index (χ3n) is 1.40. The van der Waals surface area contributed by atoms with Crippen LogP contribution in [0.2, 0.25) is 0 Å². The van der Waals surface area contributed by atoms with E-state index in [0.29, 0.717) is 0 Å². The number of carboxylic acid groups (broad SMARTS) is 1. The fourth-order valence-electron chi connectivity index (χ4n) is 0.609. The monoisotopic (exact) mass is 289 g/mol. The van der Waals surface area contributed by atoms with Crippen molar-refractivity contribution in [3.63, 3.8) is 0 Å². The Balaban J connectivity index is 0. The molecular formula is C6H9O11S-3. The minimum Gasteiger partial charge on any atom is -0.759 e. The number of carboxylic acids is 1. The maximum Gasteiger partial charge on any atom is 0.151 e. The Hall–Kier alpha value is -1.15. The highest BCUT2D eigenvalue weighted by Crippen LogP contribution is 2.03. The van der Waals surface area contributed by atoms with Gasteiger partial charge in [-0.1, -0.05) is 0 Å². The van der Waals surface area contributed by atoms with E-state index in [0.717, 1.165) is 0 Å². The lowest BCUT2D eigenvalue weighted by molar-refractivity contribution is -0.320. The lowest BCUT2D eigenvalue weighted by Crippen LogP contribution is -2.52. The van der Waals surface area contributed by atoms with Gasteiger partial charge in [-0.3, -0.25) is 8.42 Å². The van der Waals surface area contributed by atoms with Crippen molar-refractivity contribution in [2.24, 2.45) is 0 Å². The molecule has 18 heavy (non-hydrogen) atoms. The summed E-state index contributed by atoms with van der Waals surface area (Å²) in [5.41, 5.74) is 0. The number of rotatable bonds is 5. The van der Waals surface area contributed by atoms with Crippen LogP contribution in [-0.4, -0.2) is 74.6 Å². The van der Waals surface area contributed by atoms with E-state index in [9.17, 15) is 14.7 Å². The van der Waals surface area contributed by atoms with Gasteiger partial charge in [0, 0.05) is 10.4 Å². The molecule has 0 aromatic rings. The Bertz CT molecular complexity index is 354. The number of aldehydes is 1. The Labute approximate surface area is 100 Å². The van der Waals surface area contributed by atoms with E-state index in [1.54, 1.807) is 0 Å². The first-order valence-electron chi connectivity index (χ1n) is 3.97. The van der Waals surface area contributed by atoms with Gasteiger partial charge in [0.2, 0.25) is 0 Å². The van der Waals surface area contributed by atoms with Gasteiger partial charge < -0.3 is 44.2 Å². The van der Waals surface area contributed by atoms with Crippen LogP contribution in [0, 0.1) is 0 Å². The molecule has 0 spiro atoms. The number of aliphatic hydroxyl groups is 4. The average molecular weight is 289 g/mol. The van der Waals surface area contributed by atoms with E-state index < -0.39 is 40.8 Å². The van der Waals surface area contributed by atoms with Gasteiger partial charge in [0.15, 0.2) is 6.29 Å². The van der Waals surface area contributed by atoms with Crippen LogP contribution in [0.5, 0.6) is 0 Å². The molecule has 0 radical (unpaired) electrons. The predicted octanol–water partition coefficient (Wildman–Crippen LogP) is -5.96. The number of hydrogen-bond donors (Lipinski definition) is 4. The van der Waals surface area contributed by atoms with Crippen LogP contribution in [-0.2, 0) is 20.0 Å². The minimum atomic E-state index is -5.17. The number of aliphatic carboxylic acids is 1. The molecule has 0 aliphatic rings. The third kappa shape index (κ3) is 10.0. The van der Waals surface area contributed by atoms with Gasteiger partial charge in [0.1, 0.15) is 24.4 Å². The summed E-state index contributed by atoms with van der Waals surface area (Å²) in [6.45, 7) is 0. The van der Waals surface area contributed by atoms with Crippen molar-refractivity contribution in [3.05, 3.63) is 0 Å². The van der Waals surface area contributed by atoms with Crippen LogP contribution in [0.25, 0.3) is 0 Å². The highest BCUT2D eigenvalue weighted by atomic mass is 32.3. The summed E-state index contributed by atoms with van der Waals surface area (Å²) in [6, 6.07) is 0. The van der Waals surface area contributed by atoms with Crippen LogP contribution in [0.3, 0.4) is 0 Å². The van der Waals surface area contributed by atoms with Crippen molar-refractivity contribution in [1.29, 1.82) is 0 Å². The maximum absolute atomic E-state index is 9.95. The van der Waals surface area contributed by atoms with Crippen LogP contribution < -0.4 is 5.11 Å². The van der Waals surface area contributed by atoms with Crippen molar-refractivity contribution in [1.82, 2.24) is 0 Å². The Morgan fingerprint density at radius 3 is 1.61 bits per heavy atom. The average Bonchev–Trinajstić information content (AvgIpc) is 2.22. The molecule has 0 aliphatic carbocycles. The van der Waals surface area contributed by atoms with Crippen LogP contribution >= 0.6 is 0 Å². The highest BCUT2D eigenvalue weighted by Gasteiger charge is 2.30. The van der Waals surface area contributed by atoms with Crippen LogP contribution in [0.4, 0.5) is 0 Å². The fourth-order valence-corrected chi connectivity index (χ4v) is 0.609. The SMILES string of the molecule is O=C[C@H](O)[C@@H](O)[C@H](O)[C@@H](O)C(=O)[O-].O=S(=O)([O-])[O-]. The lowest BCUT2D eigenvalue weighted by Gasteiger charge is -2.24. The van der Waals surface area contributed by atoms with Gasteiger partial charge >= 0.3 is 0 Å². The van der Waals surface area contributed by atoms with Crippen LogP contribution in [0.15, 0.2) is 0 Å². The zero-order chi connectivity index (χ0) is 15.1. The number of aliphatic hydroxyl groups excluding tert-OH is 4. The molecule has 0 rings (SSSR count). The number of carbonyl (C=O) groups excluding carboxylic acids is 2. The third-order valence-corrected chi connectivity index (χ3v) is 1.40. The summed E-state index contributed by atoms with van der Waals surface area (Å²) in [5, 5.41) is 44.8. The van der Waals surface area contributed by atoms with Crippen molar-refractivity contribution >= 4 is 22.7 Å². The standard InChI is InChI=1S/C6H10O7.H2O4S/c7-1-2(8)3(9)4(10)5(11)6(12)13;1-5(2,3)4/h1-5,8-11H,(H,12,13);(H2,1,2,3,4)/p-3/t2-,3+,4-,5+;/m0./s1. The second kappa shape index (κ2) is 8.04. The molecule has 0 bridgehead atoms. The number of carbonyl (C=O) groups is 2. The Morgan fingerprint density at radius 2 is 1.39 bits per heavy atom. The van der Waals surface area contributed by atoms with Gasteiger partial charge in [-0.05, 0) is 0 Å². The largest absolute Gasteiger partial charge is 0.759 e. The van der Waals surface area contributed by atoms with Gasteiger partial charge in [-0.25, -0.2) is 0 Å². The van der Waals surface area contributed by atoms with Crippen molar-refractivity contribution in [2.75, 3.05) is 0 Å². The molecule has 4 N–H and O–H groups in total. The van der Waals surface area contributed by atoms with E-state index in [1.807, 2.05) is 0 Å². The minimum absolute atomic E-state index is 0.101. The molecule has 108 valence electrons. The van der Waals surface area contributed by atoms with E-state index in [2.05, 4.69) is 0 Å². The zero-order valence-corrected chi connectivity index (χ0v) is 9.26. The molecule has 0 aromatic carbocycles. The first-order chi connectivity index (χ1) is 7.91. The molecule has 0 amide bonds. The molecule has 0 saturated heterocycles. The summed E-state index contributed by atoms with van der Waals surface area (Å²) < 4.78 is 34.1. The Kier molecular flexibility index (Phi) is 8.57. The van der Waals surface area contributed by atoms with Gasteiger partial charge in [0.05, 0.1) is 5.97 Å². The van der Waals surface area contributed by atoms with Crippen LogP contribution in [0.1, 0.15) is 0 Å². The van der Waals surface area contributed by atoms with Gasteiger partial charge in [-0.15, -0.1) is 0 Å². The molecule has 0 saturated carbocycles. The summed E-state index contributed by atoms with van der Waals surface area (Å²) in [5.74, 6) is -2.01. The Morgan fingerprint density at radius 1 is 1.06 bits per heavy atom. The maximum atomic E-state index is 9.95. The summed E-state index contributed by atoms with van der Waals surface area (Å²) in [6.07, 6.45) is -8.65. The molecule has 0 aliphatic heterocycles. The first kappa shape index (κ1) is 19.2. The number of hydrogen-bond acceptors (Lipinski definition) is 11. The topological polar surface area (TPSA) is 218 Å². The quantitative estimate of drug-likeness (QED) is 0.212. The van der Waals surface area contributed by atoms with Crippen molar-refractivity contribution in [2.45, 2.75) is 24.4 Å². The van der Waals surface area contributed by atoms with Gasteiger partial charge in [-0.2, -0.15) is 0 Å². The van der Waals surface area contributed by atoms with Gasteiger partial charge in [0.25, 0.3) is 0 Å². The predicted molar refractivity (Wildman–Crippen MR) is 45.6 cm³/mol. The highest BCUT2D eigenvalue weighted by molar-refractivity contribution is 7.79. The smallest absolute Gasteiger partial charge is 0.151 e. The van der Waals surface area contributed by atoms with Crippen molar-refractivity contribution < 1.29 is 52.6 Å². The molecule has 4 atom stereocenters. The van der Waals surface area contributed by atoms with E-state index in [-0.39, 0.29) is 6.29 Å². The zero-order valence-electron chi connectivity index (χ0n) is 8.44. The second-order valence-electron chi connectivity index (χ2n) is 2.78. The molecule has 0 heterocycles. The molecule has 0 aromatic heterocycles.